The van der Waals surface area contributed by atoms with Crippen molar-refractivity contribution in [3.05, 3.63) is 97.9 Å². The van der Waals surface area contributed by atoms with Crippen molar-refractivity contribution in [2.24, 2.45) is 0 Å². The monoisotopic (exact) mass is 460 g/mol. The minimum absolute atomic E-state index is 0.0457. The number of hydrogen-bond acceptors (Lipinski definition) is 4. The van der Waals surface area contributed by atoms with Crippen LogP contribution in [0.4, 0.5) is 0 Å². The van der Waals surface area contributed by atoms with E-state index >= 15 is 0 Å². The molecule has 1 aromatic heterocycles. The van der Waals surface area contributed by atoms with Gasteiger partial charge in [-0.3, -0.25) is 9.59 Å². The van der Waals surface area contributed by atoms with Crippen LogP contribution >= 0.6 is 23.2 Å². The summed E-state index contributed by atoms with van der Waals surface area (Å²) in [5, 5.41) is 13.4. The van der Waals surface area contributed by atoms with Crippen molar-refractivity contribution >= 4 is 29.1 Å². The van der Waals surface area contributed by atoms with E-state index in [2.05, 4.69) is 5.32 Å². The van der Waals surface area contributed by atoms with Crippen molar-refractivity contribution in [2.75, 3.05) is 0 Å². The van der Waals surface area contributed by atoms with Gasteiger partial charge in [-0.25, -0.2) is 0 Å². The largest absolute Gasteiger partial charge is 0.483 e. The van der Waals surface area contributed by atoms with Crippen molar-refractivity contribution in [1.82, 2.24) is 9.88 Å². The van der Waals surface area contributed by atoms with E-state index in [1.165, 1.54) is 16.8 Å². The van der Waals surface area contributed by atoms with Crippen LogP contribution in [0.2, 0.25) is 10.0 Å². The molecule has 1 unspecified atom stereocenters. The van der Waals surface area contributed by atoms with Gasteiger partial charge in [0.2, 0.25) is 5.43 Å². The Labute approximate surface area is 190 Å². The van der Waals surface area contributed by atoms with Crippen molar-refractivity contribution in [3.63, 3.8) is 0 Å². The van der Waals surface area contributed by atoms with Crippen LogP contribution in [0.1, 0.15) is 28.5 Å². The van der Waals surface area contributed by atoms with E-state index in [1.807, 2.05) is 30.3 Å². The lowest BCUT2D eigenvalue weighted by atomic mass is 10.2. The summed E-state index contributed by atoms with van der Waals surface area (Å²) in [4.78, 5) is 25.6. The molecule has 0 aliphatic rings. The average Bonchev–Trinajstić information content (AvgIpc) is 2.75. The van der Waals surface area contributed by atoms with E-state index in [4.69, 9.17) is 27.9 Å². The third-order valence-corrected chi connectivity index (χ3v) is 5.21. The molecule has 3 rings (SSSR count). The number of pyridine rings is 1. The summed E-state index contributed by atoms with van der Waals surface area (Å²) in [5.41, 5.74) is 1.23. The summed E-state index contributed by atoms with van der Waals surface area (Å²) < 4.78 is 7.28. The van der Waals surface area contributed by atoms with Crippen LogP contribution in [0, 0.1) is 0 Å². The molecule has 6 nitrogen and oxygen atoms in total. The topological polar surface area (TPSA) is 80.6 Å². The first kappa shape index (κ1) is 22.9. The predicted octanol–water partition coefficient (Wildman–Crippen LogP) is 4.04. The van der Waals surface area contributed by atoms with Crippen LogP contribution < -0.4 is 15.5 Å². The van der Waals surface area contributed by atoms with E-state index in [-0.39, 0.29) is 31.1 Å². The fraction of sp³-hybridized carbons (Fsp3) is 0.217. The van der Waals surface area contributed by atoms with E-state index in [0.717, 1.165) is 11.1 Å². The minimum Gasteiger partial charge on any atom is -0.483 e. The van der Waals surface area contributed by atoms with Crippen LogP contribution in [0.25, 0.3) is 0 Å². The Bertz CT molecular complexity index is 1110. The maximum atomic E-state index is 13.1. The molecule has 0 radical (unpaired) electrons. The number of amides is 1. The summed E-state index contributed by atoms with van der Waals surface area (Å²) in [6.07, 6.45) is 0.740. The summed E-state index contributed by atoms with van der Waals surface area (Å²) in [6.45, 7) is 2.02. The van der Waals surface area contributed by atoms with Gasteiger partial charge in [-0.15, -0.1) is 0 Å². The maximum Gasteiger partial charge on any atom is 0.272 e. The number of halogens is 2. The second kappa shape index (κ2) is 10.5. The zero-order valence-electron chi connectivity index (χ0n) is 16.8. The molecule has 1 amide bonds. The zero-order valence-corrected chi connectivity index (χ0v) is 18.4. The fourth-order valence-electron chi connectivity index (χ4n) is 3.01. The maximum absolute atomic E-state index is 13.1. The van der Waals surface area contributed by atoms with Gasteiger partial charge < -0.3 is 19.7 Å². The van der Waals surface area contributed by atoms with Crippen molar-refractivity contribution in [3.8, 4) is 5.75 Å². The van der Waals surface area contributed by atoms with E-state index in [0.29, 0.717) is 10.0 Å². The molecule has 2 aromatic carbocycles. The van der Waals surface area contributed by atoms with Gasteiger partial charge >= 0.3 is 0 Å². The second-order valence-electron chi connectivity index (χ2n) is 7.06. The molecule has 0 aliphatic heterocycles. The molecular formula is C23H22Cl2N2O4. The van der Waals surface area contributed by atoms with Crippen molar-refractivity contribution in [2.45, 2.75) is 32.7 Å². The predicted molar refractivity (Wildman–Crippen MR) is 121 cm³/mol. The molecule has 31 heavy (non-hydrogen) atoms. The number of aliphatic hydroxyl groups is 1. The first-order valence-electron chi connectivity index (χ1n) is 9.65. The molecule has 162 valence electrons. The Kier molecular flexibility index (Phi) is 7.74. The molecule has 0 fully saturated rings. The minimum atomic E-state index is -0.730. The molecule has 1 heterocycles. The zero-order chi connectivity index (χ0) is 22.4. The smallest absolute Gasteiger partial charge is 0.272 e. The third kappa shape index (κ3) is 6.10. The number of hydrogen-bond donors (Lipinski definition) is 2. The molecule has 0 saturated heterocycles. The Morgan fingerprint density at radius 2 is 1.84 bits per heavy atom. The number of rotatable bonds is 8. The van der Waals surface area contributed by atoms with E-state index < -0.39 is 17.4 Å². The number of aromatic nitrogens is 1. The number of aliphatic hydroxyl groups excluding tert-OH is 1. The van der Waals surface area contributed by atoms with Crippen LogP contribution in [-0.4, -0.2) is 21.7 Å². The highest BCUT2D eigenvalue weighted by Crippen LogP contribution is 2.23. The summed E-state index contributed by atoms with van der Waals surface area (Å²) in [7, 11) is 0. The Morgan fingerprint density at radius 1 is 1.10 bits per heavy atom. The van der Waals surface area contributed by atoms with Gasteiger partial charge in [0, 0.05) is 25.4 Å². The molecule has 1 atom stereocenters. The average molecular weight is 461 g/mol. The number of benzene rings is 2. The van der Waals surface area contributed by atoms with Crippen LogP contribution in [0.3, 0.4) is 0 Å². The van der Waals surface area contributed by atoms with Gasteiger partial charge in [0.05, 0.1) is 16.1 Å². The van der Waals surface area contributed by atoms with Gasteiger partial charge in [-0.2, -0.15) is 0 Å². The Hall–Kier alpha value is -2.80. The first-order chi connectivity index (χ1) is 14.8. The SMILES string of the molecule is CC(O)Cn1ccc(=O)c(OCc2ccccc2)c1C(=O)NCc1ccc(Cl)c(Cl)c1. The number of carbonyl (C=O) groups excluding carboxylic acids is 1. The molecule has 3 aromatic rings. The molecule has 2 N–H and O–H groups in total. The quantitative estimate of drug-likeness (QED) is 0.531. The molecule has 0 aliphatic carbocycles. The van der Waals surface area contributed by atoms with Crippen molar-refractivity contribution in [1.29, 1.82) is 0 Å². The second-order valence-corrected chi connectivity index (χ2v) is 7.88. The van der Waals surface area contributed by atoms with Crippen LogP contribution in [0.15, 0.2) is 65.6 Å². The molecule has 0 spiro atoms. The summed E-state index contributed by atoms with van der Waals surface area (Å²) >= 11 is 12.0. The number of nitrogens with zero attached hydrogens (tertiary/aromatic N) is 1. The van der Waals surface area contributed by atoms with Gasteiger partial charge in [0.1, 0.15) is 6.61 Å². The van der Waals surface area contributed by atoms with E-state index in [9.17, 15) is 14.7 Å². The highest BCUT2D eigenvalue weighted by atomic mass is 35.5. The molecular weight excluding hydrogens is 439 g/mol. The van der Waals surface area contributed by atoms with E-state index in [1.54, 1.807) is 25.1 Å². The number of carbonyl (C=O) groups is 1. The highest BCUT2D eigenvalue weighted by molar-refractivity contribution is 6.42. The van der Waals surface area contributed by atoms with Gasteiger partial charge in [-0.1, -0.05) is 59.6 Å². The number of ether oxygens (including phenoxy) is 1. The van der Waals surface area contributed by atoms with Gasteiger partial charge in [-0.05, 0) is 30.2 Å². The Morgan fingerprint density at radius 3 is 2.52 bits per heavy atom. The van der Waals surface area contributed by atoms with Crippen LogP contribution in [0.5, 0.6) is 5.75 Å². The fourth-order valence-corrected chi connectivity index (χ4v) is 3.33. The summed E-state index contributed by atoms with van der Waals surface area (Å²) in [6, 6.07) is 15.7. The van der Waals surface area contributed by atoms with Gasteiger partial charge in [0.15, 0.2) is 11.4 Å². The molecule has 0 bridgehead atoms. The summed E-state index contributed by atoms with van der Waals surface area (Å²) in [5.74, 6) is -0.578. The Balaban J connectivity index is 1.88. The number of nitrogens with one attached hydrogen (secondary N) is 1. The van der Waals surface area contributed by atoms with Crippen molar-refractivity contribution < 1.29 is 14.6 Å². The van der Waals surface area contributed by atoms with Crippen LogP contribution in [-0.2, 0) is 19.7 Å². The highest BCUT2D eigenvalue weighted by Gasteiger charge is 2.21. The third-order valence-electron chi connectivity index (χ3n) is 4.47. The first-order valence-corrected chi connectivity index (χ1v) is 10.4. The lowest BCUT2D eigenvalue weighted by molar-refractivity contribution is 0.0929. The lowest BCUT2D eigenvalue weighted by Crippen LogP contribution is -2.31. The lowest BCUT2D eigenvalue weighted by Gasteiger charge is -2.18. The normalized spacial score (nSPS) is 11.7. The van der Waals surface area contributed by atoms with Gasteiger partial charge in [0.25, 0.3) is 5.91 Å². The molecule has 8 heteroatoms. The standard InChI is InChI=1S/C23H22Cl2N2O4/c1-15(28)13-27-10-9-20(29)22(31-14-16-5-3-2-4-6-16)21(27)23(30)26-12-17-7-8-18(24)19(25)11-17/h2-11,15,28H,12-14H2,1H3,(H,26,30). The molecule has 0 saturated carbocycles.